The van der Waals surface area contributed by atoms with Crippen LogP contribution in [0.1, 0.15) is 33.6 Å². The minimum absolute atomic E-state index is 0.506. The molecule has 2 heteroatoms. The molecule has 1 atom stereocenters. The minimum Gasteiger partial charge on any atom is -0.309 e. The van der Waals surface area contributed by atoms with E-state index in [4.69, 9.17) is 0 Å². The molecule has 0 spiro atoms. The highest BCUT2D eigenvalue weighted by Crippen LogP contribution is 2.30. The zero-order valence-corrected chi connectivity index (χ0v) is 10.5. The number of hydrogen-bond acceptors (Lipinski definition) is 2. The summed E-state index contributed by atoms with van der Waals surface area (Å²) >= 11 is 0. The quantitative estimate of drug-likeness (QED) is 0.685. The third-order valence-electron chi connectivity index (χ3n) is 3.24. The fraction of sp³-hybridized carbons (Fsp3) is 1.00. The first kappa shape index (κ1) is 12.0. The highest BCUT2D eigenvalue weighted by atomic mass is 15.2. The summed E-state index contributed by atoms with van der Waals surface area (Å²) in [5.74, 6) is 0. The van der Waals surface area contributed by atoms with Crippen molar-refractivity contribution in [2.24, 2.45) is 5.41 Å². The summed E-state index contributed by atoms with van der Waals surface area (Å²) in [6.07, 6.45) is 2.75. The van der Waals surface area contributed by atoms with Gasteiger partial charge in [0.2, 0.25) is 0 Å². The van der Waals surface area contributed by atoms with Crippen LogP contribution in [0.2, 0.25) is 0 Å². The normalized spacial score (nSPS) is 30.2. The lowest BCUT2D eigenvalue weighted by Crippen LogP contribution is -2.48. The molecule has 1 heterocycles. The summed E-state index contributed by atoms with van der Waals surface area (Å²) in [5, 5.41) is 0. The second kappa shape index (κ2) is 4.63. The highest BCUT2D eigenvalue weighted by molar-refractivity contribution is 4.86. The molecule has 0 bridgehead atoms. The molecule has 2 nitrogen and oxygen atoms in total. The van der Waals surface area contributed by atoms with Gasteiger partial charge < -0.3 is 9.80 Å². The van der Waals surface area contributed by atoms with E-state index >= 15 is 0 Å². The molecule has 84 valence electrons. The van der Waals surface area contributed by atoms with Crippen LogP contribution < -0.4 is 0 Å². The Hall–Kier alpha value is -0.0800. The third kappa shape index (κ3) is 3.25. The van der Waals surface area contributed by atoms with Gasteiger partial charge in [-0.2, -0.15) is 0 Å². The van der Waals surface area contributed by atoms with Crippen LogP contribution in [-0.4, -0.2) is 49.6 Å². The molecule has 1 saturated heterocycles. The van der Waals surface area contributed by atoms with E-state index in [1.54, 1.807) is 0 Å². The number of rotatable bonds is 3. The SMILES string of the molecule is CC(C)N1CCCC(C)(CN(C)C)C1. The van der Waals surface area contributed by atoms with E-state index in [9.17, 15) is 0 Å². The van der Waals surface area contributed by atoms with Crippen molar-refractivity contribution < 1.29 is 0 Å². The van der Waals surface area contributed by atoms with Crippen LogP contribution in [0.4, 0.5) is 0 Å². The Bertz CT molecular complexity index is 177. The highest BCUT2D eigenvalue weighted by Gasteiger charge is 2.32. The van der Waals surface area contributed by atoms with Gasteiger partial charge in [0, 0.05) is 19.1 Å². The van der Waals surface area contributed by atoms with Crippen molar-refractivity contribution in [1.82, 2.24) is 9.80 Å². The first-order valence-corrected chi connectivity index (χ1v) is 5.82. The minimum atomic E-state index is 0.506. The molecule has 1 fully saturated rings. The van der Waals surface area contributed by atoms with Gasteiger partial charge in [-0.1, -0.05) is 6.92 Å². The fourth-order valence-electron chi connectivity index (χ4n) is 2.69. The molecular formula is C12H26N2. The van der Waals surface area contributed by atoms with E-state index in [0.717, 1.165) is 0 Å². The molecular weight excluding hydrogens is 172 g/mol. The molecule has 0 aromatic rings. The summed E-state index contributed by atoms with van der Waals surface area (Å²) in [4.78, 5) is 4.94. The zero-order chi connectivity index (χ0) is 10.8. The first-order valence-electron chi connectivity index (χ1n) is 5.82. The molecule has 1 rings (SSSR count). The number of nitrogens with zero attached hydrogens (tertiary/aromatic N) is 2. The lowest BCUT2D eigenvalue weighted by atomic mass is 9.81. The fourth-order valence-corrected chi connectivity index (χ4v) is 2.69. The van der Waals surface area contributed by atoms with Gasteiger partial charge in [0.05, 0.1) is 0 Å². The van der Waals surface area contributed by atoms with Crippen molar-refractivity contribution >= 4 is 0 Å². The topological polar surface area (TPSA) is 6.48 Å². The summed E-state index contributed by atoms with van der Waals surface area (Å²) in [7, 11) is 4.36. The van der Waals surface area contributed by atoms with E-state index < -0.39 is 0 Å². The van der Waals surface area contributed by atoms with Crippen LogP contribution in [0, 0.1) is 5.41 Å². The monoisotopic (exact) mass is 198 g/mol. The molecule has 1 aliphatic heterocycles. The van der Waals surface area contributed by atoms with Gasteiger partial charge >= 0.3 is 0 Å². The van der Waals surface area contributed by atoms with E-state index in [2.05, 4.69) is 44.7 Å². The maximum atomic E-state index is 2.62. The molecule has 0 aliphatic carbocycles. The number of likely N-dealkylation sites (tertiary alicyclic amines) is 1. The second-order valence-electron chi connectivity index (χ2n) is 5.72. The van der Waals surface area contributed by atoms with Gasteiger partial charge in [0.1, 0.15) is 0 Å². The Morgan fingerprint density at radius 2 is 2.00 bits per heavy atom. The van der Waals surface area contributed by atoms with Crippen LogP contribution >= 0.6 is 0 Å². The zero-order valence-electron chi connectivity index (χ0n) is 10.5. The lowest BCUT2D eigenvalue weighted by Gasteiger charge is -2.43. The van der Waals surface area contributed by atoms with Crippen molar-refractivity contribution in [3.05, 3.63) is 0 Å². The van der Waals surface area contributed by atoms with E-state index in [0.29, 0.717) is 11.5 Å². The van der Waals surface area contributed by atoms with Crippen molar-refractivity contribution in [2.75, 3.05) is 33.7 Å². The molecule has 0 aromatic heterocycles. The molecule has 0 radical (unpaired) electrons. The predicted octanol–water partition coefficient (Wildman–Crippen LogP) is 2.06. The maximum Gasteiger partial charge on any atom is 0.00503 e. The standard InChI is InChI=1S/C12H26N2/c1-11(2)14-8-6-7-12(3,10-14)9-13(4)5/h11H,6-10H2,1-5H3. The predicted molar refractivity (Wildman–Crippen MR) is 62.6 cm³/mol. The molecule has 0 saturated carbocycles. The van der Waals surface area contributed by atoms with Gasteiger partial charge in [-0.3, -0.25) is 0 Å². The maximum absolute atomic E-state index is 2.62. The average molecular weight is 198 g/mol. The van der Waals surface area contributed by atoms with Gasteiger partial charge in [0.25, 0.3) is 0 Å². The first-order chi connectivity index (χ1) is 6.43. The van der Waals surface area contributed by atoms with Gasteiger partial charge in [-0.05, 0) is 52.7 Å². The summed E-state index contributed by atoms with van der Waals surface area (Å²) < 4.78 is 0. The number of hydrogen-bond donors (Lipinski definition) is 0. The van der Waals surface area contributed by atoms with E-state index in [1.807, 2.05) is 0 Å². The molecule has 0 aromatic carbocycles. The molecule has 14 heavy (non-hydrogen) atoms. The largest absolute Gasteiger partial charge is 0.309 e. The Labute approximate surface area is 89.3 Å². The molecule has 0 amide bonds. The second-order valence-corrected chi connectivity index (χ2v) is 5.72. The smallest absolute Gasteiger partial charge is 0.00503 e. The van der Waals surface area contributed by atoms with Crippen LogP contribution in [0.15, 0.2) is 0 Å². The Kier molecular flexibility index (Phi) is 3.96. The summed E-state index contributed by atoms with van der Waals surface area (Å²) in [6.45, 7) is 10.8. The van der Waals surface area contributed by atoms with Crippen molar-refractivity contribution in [2.45, 2.75) is 39.7 Å². The van der Waals surface area contributed by atoms with Crippen molar-refractivity contribution in [3.63, 3.8) is 0 Å². The molecule has 1 unspecified atom stereocenters. The van der Waals surface area contributed by atoms with Crippen LogP contribution in [0.3, 0.4) is 0 Å². The summed E-state index contributed by atoms with van der Waals surface area (Å²) in [6, 6.07) is 0.705. The van der Waals surface area contributed by atoms with Crippen LogP contribution in [0.25, 0.3) is 0 Å². The molecule has 1 aliphatic rings. The summed E-state index contributed by atoms with van der Waals surface area (Å²) in [5.41, 5.74) is 0.506. The number of piperidine rings is 1. The van der Waals surface area contributed by atoms with Crippen LogP contribution in [-0.2, 0) is 0 Å². The lowest BCUT2D eigenvalue weighted by molar-refractivity contribution is 0.0586. The van der Waals surface area contributed by atoms with Gasteiger partial charge in [-0.15, -0.1) is 0 Å². The van der Waals surface area contributed by atoms with Crippen LogP contribution in [0.5, 0.6) is 0 Å². The molecule has 0 N–H and O–H groups in total. The van der Waals surface area contributed by atoms with Crippen molar-refractivity contribution in [3.8, 4) is 0 Å². The Morgan fingerprint density at radius 3 is 2.50 bits per heavy atom. The Morgan fingerprint density at radius 1 is 1.36 bits per heavy atom. The van der Waals surface area contributed by atoms with Gasteiger partial charge in [0.15, 0.2) is 0 Å². The van der Waals surface area contributed by atoms with E-state index in [-0.39, 0.29) is 0 Å². The average Bonchev–Trinajstić information content (AvgIpc) is 2.01. The van der Waals surface area contributed by atoms with E-state index in [1.165, 1.54) is 32.5 Å². The Balaban J connectivity index is 2.53. The van der Waals surface area contributed by atoms with Crippen molar-refractivity contribution in [1.29, 1.82) is 0 Å². The van der Waals surface area contributed by atoms with Gasteiger partial charge in [-0.25, -0.2) is 0 Å². The third-order valence-corrected chi connectivity index (χ3v) is 3.24.